The van der Waals surface area contributed by atoms with Crippen LogP contribution in [0.2, 0.25) is 0 Å². The lowest BCUT2D eigenvalue weighted by molar-refractivity contribution is -0.127. The Balaban J connectivity index is 1.71. The molecule has 96 valence electrons. The molecule has 0 atom stereocenters. The monoisotopic (exact) mass is 233 g/mol. The van der Waals surface area contributed by atoms with Crippen molar-refractivity contribution in [2.45, 2.75) is 64.2 Å². The lowest BCUT2D eigenvalue weighted by Crippen LogP contribution is -2.56. The molecule has 0 aliphatic heterocycles. The molecule has 1 heteroatoms. The molecule has 0 heterocycles. The zero-order valence-electron chi connectivity index (χ0n) is 11.1. The van der Waals surface area contributed by atoms with Gasteiger partial charge < -0.3 is 5.73 Å². The van der Waals surface area contributed by atoms with Gasteiger partial charge in [0, 0.05) is 0 Å². The van der Waals surface area contributed by atoms with Crippen LogP contribution in [0.3, 0.4) is 0 Å². The molecule has 0 unspecified atom stereocenters. The molecule has 1 nitrogen and oxygen atoms in total. The first kappa shape index (κ1) is 10.8. The topological polar surface area (TPSA) is 26.0 Å². The average molecular weight is 233 g/mol. The predicted octanol–water partition coefficient (Wildman–Crippen LogP) is 3.72. The lowest BCUT2D eigenvalue weighted by atomic mass is 9.42. The number of nitrogens with two attached hydrogens (primary N) is 1. The molecule has 0 aromatic rings. The van der Waals surface area contributed by atoms with Crippen molar-refractivity contribution >= 4 is 0 Å². The molecule has 0 amide bonds. The summed E-state index contributed by atoms with van der Waals surface area (Å²) in [6, 6.07) is 0. The van der Waals surface area contributed by atoms with Crippen molar-refractivity contribution in [3.63, 3.8) is 0 Å². The van der Waals surface area contributed by atoms with E-state index in [9.17, 15) is 0 Å². The average Bonchev–Trinajstić information content (AvgIpc) is 2.77. The maximum Gasteiger partial charge on any atom is -0.00152 e. The van der Waals surface area contributed by atoms with Gasteiger partial charge in [-0.2, -0.15) is 0 Å². The van der Waals surface area contributed by atoms with Crippen LogP contribution >= 0.6 is 0 Å². The molecular weight excluding hydrogens is 206 g/mol. The van der Waals surface area contributed by atoms with E-state index in [1.165, 1.54) is 25.7 Å². The smallest absolute Gasteiger partial charge is 0.00152 e. The van der Waals surface area contributed by atoms with Crippen molar-refractivity contribution in [2.75, 3.05) is 6.54 Å². The summed E-state index contributed by atoms with van der Waals surface area (Å²) >= 11 is 0. The van der Waals surface area contributed by atoms with Crippen LogP contribution in [0.4, 0.5) is 0 Å². The molecule has 0 saturated heterocycles. The van der Waals surface area contributed by atoms with Crippen LogP contribution in [0, 0.1) is 28.6 Å². The predicted molar refractivity (Wildman–Crippen MR) is 70.6 cm³/mol. The van der Waals surface area contributed by atoms with Crippen molar-refractivity contribution in [1.82, 2.24) is 0 Å². The summed E-state index contributed by atoms with van der Waals surface area (Å²) in [6.07, 6.45) is 15.2. The molecule has 5 rings (SSSR count). The summed E-state index contributed by atoms with van der Waals surface area (Å²) < 4.78 is 0. The Bertz CT molecular complexity index is 278. The van der Waals surface area contributed by atoms with Gasteiger partial charge in [-0.25, -0.2) is 0 Å². The summed E-state index contributed by atoms with van der Waals surface area (Å²) in [5.41, 5.74) is 7.56. The minimum Gasteiger partial charge on any atom is -0.330 e. The van der Waals surface area contributed by atoms with Gasteiger partial charge in [-0.05, 0) is 86.5 Å². The molecule has 4 bridgehead atoms. The van der Waals surface area contributed by atoms with Crippen molar-refractivity contribution in [3.05, 3.63) is 0 Å². The summed E-state index contributed by atoms with van der Waals surface area (Å²) in [7, 11) is 0. The zero-order chi connectivity index (χ0) is 11.5. The van der Waals surface area contributed by atoms with Gasteiger partial charge in [-0.3, -0.25) is 0 Å². The second-order valence-electron chi connectivity index (χ2n) is 7.89. The van der Waals surface area contributed by atoms with E-state index in [-0.39, 0.29) is 0 Å². The highest BCUT2D eigenvalue weighted by atomic mass is 14.7. The highest BCUT2D eigenvalue weighted by molar-refractivity contribution is 5.10. The zero-order valence-corrected chi connectivity index (χ0v) is 11.1. The lowest BCUT2D eigenvalue weighted by Gasteiger charge is -2.63. The maximum absolute atomic E-state index is 6.29. The SMILES string of the molecule is NCC1(C23CC4CC(CC(C4)C2)C3)CCCC1. The summed E-state index contributed by atoms with van der Waals surface area (Å²) in [6.45, 7) is 0.985. The highest BCUT2D eigenvalue weighted by Gasteiger charge is 2.59. The van der Waals surface area contributed by atoms with Crippen LogP contribution in [-0.2, 0) is 0 Å². The Morgan fingerprint density at radius 1 is 0.824 bits per heavy atom. The summed E-state index contributed by atoms with van der Waals surface area (Å²) in [4.78, 5) is 0. The molecule has 5 saturated carbocycles. The molecule has 5 fully saturated rings. The Morgan fingerprint density at radius 2 is 1.29 bits per heavy atom. The van der Waals surface area contributed by atoms with Gasteiger partial charge in [0.05, 0.1) is 0 Å². The fourth-order valence-corrected chi connectivity index (χ4v) is 6.76. The van der Waals surface area contributed by atoms with Gasteiger partial charge in [0.25, 0.3) is 0 Å². The second-order valence-corrected chi connectivity index (χ2v) is 7.89. The van der Waals surface area contributed by atoms with Crippen molar-refractivity contribution in [2.24, 2.45) is 34.3 Å². The second kappa shape index (κ2) is 3.50. The summed E-state index contributed by atoms with van der Waals surface area (Å²) in [5.74, 6) is 3.26. The highest BCUT2D eigenvalue weighted by Crippen LogP contribution is 2.69. The molecule has 17 heavy (non-hydrogen) atoms. The van der Waals surface area contributed by atoms with E-state index in [4.69, 9.17) is 5.73 Å². The van der Waals surface area contributed by atoms with Crippen LogP contribution in [0.15, 0.2) is 0 Å². The molecule has 0 radical (unpaired) electrons. The van der Waals surface area contributed by atoms with Crippen LogP contribution < -0.4 is 5.73 Å². The molecule has 2 N–H and O–H groups in total. The first-order chi connectivity index (χ1) is 8.25. The van der Waals surface area contributed by atoms with E-state index in [1.807, 2.05) is 0 Å². The van der Waals surface area contributed by atoms with Crippen LogP contribution in [0.25, 0.3) is 0 Å². The van der Waals surface area contributed by atoms with E-state index in [1.54, 1.807) is 38.5 Å². The van der Waals surface area contributed by atoms with E-state index >= 15 is 0 Å². The van der Waals surface area contributed by atoms with E-state index in [0.29, 0.717) is 10.8 Å². The van der Waals surface area contributed by atoms with Crippen molar-refractivity contribution < 1.29 is 0 Å². The Kier molecular flexibility index (Phi) is 2.23. The van der Waals surface area contributed by atoms with E-state index in [2.05, 4.69) is 0 Å². The van der Waals surface area contributed by atoms with Crippen LogP contribution in [-0.4, -0.2) is 6.54 Å². The standard InChI is InChI=1S/C16H27N/c17-11-15(3-1-2-4-15)16-8-12-5-13(9-16)7-14(6-12)10-16/h12-14H,1-11,17H2. The first-order valence-corrected chi connectivity index (χ1v) is 7.95. The number of hydrogen-bond donors (Lipinski definition) is 1. The minimum atomic E-state index is 0.572. The van der Waals surface area contributed by atoms with E-state index in [0.717, 1.165) is 24.3 Å². The van der Waals surface area contributed by atoms with Crippen molar-refractivity contribution in [1.29, 1.82) is 0 Å². The third-order valence-corrected chi connectivity index (χ3v) is 7.11. The molecule has 5 aliphatic carbocycles. The molecule has 0 spiro atoms. The largest absolute Gasteiger partial charge is 0.330 e. The summed E-state index contributed by atoms with van der Waals surface area (Å²) in [5, 5.41) is 0. The molecule has 5 aliphatic rings. The number of rotatable bonds is 2. The van der Waals surface area contributed by atoms with Crippen molar-refractivity contribution in [3.8, 4) is 0 Å². The Labute approximate surface area is 106 Å². The van der Waals surface area contributed by atoms with E-state index < -0.39 is 0 Å². The third-order valence-electron chi connectivity index (χ3n) is 7.11. The van der Waals surface area contributed by atoms with Gasteiger partial charge in [-0.1, -0.05) is 12.8 Å². The van der Waals surface area contributed by atoms with Gasteiger partial charge >= 0.3 is 0 Å². The maximum atomic E-state index is 6.29. The van der Waals surface area contributed by atoms with Gasteiger partial charge in [0.1, 0.15) is 0 Å². The normalized spacial score (nSPS) is 51.0. The van der Waals surface area contributed by atoms with Gasteiger partial charge in [-0.15, -0.1) is 0 Å². The fourth-order valence-electron chi connectivity index (χ4n) is 6.76. The third kappa shape index (κ3) is 1.35. The number of hydrogen-bond acceptors (Lipinski definition) is 1. The quantitative estimate of drug-likeness (QED) is 0.773. The van der Waals surface area contributed by atoms with Gasteiger partial charge in [0.2, 0.25) is 0 Å². The van der Waals surface area contributed by atoms with Gasteiger partial charge in [0.15, 0.2) is 0 Å². The molecule has 0 aromatic heterocycles. The molecule has 0 aromatic carbocycles. The fraction of sp³-hybridized carbons (Fsp3) is 1.00. The Morgan fingerprint density at radius 3 is 1.71 bits per heavy atom. The molecular formula is C16H27N. The van der Waals surface area contributed by atoms with Crippen LogP contribution in [0.1, 0.15) is 64.2 Å². The minimum absolute atomic E-state index is 0.572. The Hall–Kier alpha value is -0.0400. The van der Waals surface area contributed by atoms with Crippen LogP contribution in [0.5, 0.6) is 0 Å². The first-order valence-electron chi connectivity index (χ1n) is 7.95.